The Morgan fingerprint density at radius 1 is 1.35 bits per heavy atom. The first-order valence-electron chi connectivity index (χ1n) is 5.52. The third kappa shape index (κ3) is 5.96. The Morgan fingerprint density at radius 3 is 2.82 bits per heavy atom. The zero-order chi connectivity index (χ0) is 12.5. The molecule has 0 aromatic heterocycles. The van der Waals surface area contributed by atoms with Crippen LogP contribution in [0.2, 0.25) is 5.02 Å². The Balaban J connectivity index is 2.19. The molecule has 1 aromatic rings. The summed E-state index contributed by atoms with van der Waals surface area (Å²) in [6.45, 7) is 1.47. The van der Waals surface area contributed by atoms with Crippen LogP contribution in [0, 0.1) is 0 Å². The van der Waals surface area contributed by atoms with Gasteiger partial charge in [0.25, 0.3) is 0 Å². The number of nitrogens with one attached hydrogen (secondary N) is 2. The van der Waals surface area contributed by atoms with Crippen molar-refractivity contribution in [1.29, 1.82) is 0 Å². The summed E-state index contributed by atoms with van der Waals surface area (Å²) < 4.78 is 0. The molecule has 3 nitrogen and oxygen atoms in total. The normalized spacial score (nSPS) is 10.2. The Bertz CT molecular complexity index is 360. The number of thioether (sulfide) groups is 1. The van der Waals surface area contributed by atoms with Crippen LogP contribution in [0.3, 0.4) is 0 Å². The van der Waals surface area contributed by atoms with E-state index in [0.29, 0.717) is 13.0 Å². The van der Waals surface area contributed by atoms with Gasteiger partial charge in [0.15, 0.2) is 0 Å². The van der Waals surface area contributed by atoms with E-state index < -0.39 is 0 Å². The van der Waals surface area contributed by atoms with E-state index in [4.69, 9.17) is 11.6 Å². The van der Waals surface area contributed by atoms with Crippen molar-refractivity contribution in [1.82, 2.24) is 10.6 Å². The van der Waals surface area contributed by atoms with Crippen molar-refractivity contribution in [2.24, 2.45) is 0 Å². The van der Waals surface area contributed by atoms with E-state index in [1.807, 2.05) is 31.3 Å². The highest BCUT2D eigenvalue weighted by atomic mass is 35.5. The van der Waals surface area contributed by atoms with Crippen LogP contribution in [-0.4, -0.2) is 31.8 Å². The van der Waals surface area contributed by atoms with Crippen LogP contribution in [0.4, 0.5) is 0 Å². The van der Waals surface area contributed by atoms with Gasteiger partial charge in [0, 0.05) is 30.2 Å². The molecule has 0 spiro atoms. The average molecular weight is 273 g/mol. The van der Waals surface area contributed by atoms with Crippen molar-refractivity contribution in [3.63, 3.8) is 0 Å². The lowest BCUT2D eigenvalue weighted by Crippen LogP contribution is -2.30. The van der Waals surface area contributed by atoms with Crippen molar-refractivity contribution in [2.45, 2.75) is 11.3 Å². The molecule has 0 aliphatic rings. The number of carbonyl (C=O) groups excluding carboxylic acids is 1. The van der Waals surface area contributed by atoms with Gasteiger partial charge < -0.3 is 10.6 Å². The molecule has 0 bridgehead atoms. The van der Waals surface area contributed by atoms with E-state index in [0.717, 1.165) is 22.2 Å². The Hall–Kier alpha value is -0.710. The van der Waals surface area contributed by atoms with E-state index in [9.17, 15) is 4.79 Å². The highest BCUT2D eigenvalue weighted by Gasteiger charge is 2.03. The van der Waals surface area contributed by atoms with Crippen LogP contribution in [0.25, 0.3) is 0 Å². The molecule has 0 atom stereocenters. The molecule has 0 radical (unpaired) electrons. The standard InChI is InChI=1S/C12H17ClN2OS/c1-14-7-8-15-12(16)6-9-17-11-5-3-2-4-10(11)13/h2-5,14H,6-9H2,1H3,(H,15,16). The predicted octanol–water partition coefficient (Wildman–Crippen LogP) is 2.16. The summed E-state index contributed by atoms with van der Waals surface area (Å²) in [7, 11) is 1.86. The van der Waals surface area contributed by atoms with Crippen molar-refractivity contribution < 1.29 is 4.79 Å². The lowest BCUT2D eigenvalue weighted by Gasteiger charge is -2.05. The van der Waals surface area contributed by atoms with Gasteiger partial charge in [0.2, 0.25) is 5.91 Å². The van der Waals surface area contributed by atoms with Gasteiger partial charge in [0.1, 0.15) is 0 Å². The number of likely N-dealkylation sites (N-methyl/N-ethyl adjacent to an activating group) is 1. The van der Waals surface area contributed by atoms with E-state index in [1.165, 1.54) is 0 Å². The molecule has 0 saturated carbocycles. The van der Waals surface area contributed by atoms with E-state index >= 15 is 0 Å². The van der Waals surface area contributed by atoms with E-state index in [2.05, 4.69) is 10.6 Å². The third-order valence-corrected chi connectivity index (χ3v) is 3.64. The van der Waals surface area contributed by atoms with Crippen LogP contribution in [0.15, 0.2) is 29.2 Å². The van der Waals surface area contributed by atoms with Crippen LogP contribution in [0.5, 0.6) is 0 Å². The van der Waals surface area contributed by atoms with Gasteiger partial charge in [0.05, 0.1) is 5.02 Å². The second-order valence-electron chi connectivity index (χ2n) is 3.48. The first kappa shape index (κ1) is 14.4. The molecule has 94 valence electrons. The third-order valence-electron chi connectivity index (χ3n) is 2.12. The highest BCUT2D eigenvalue weighted by Crippen LogP contribution is 2.26. The summed E-state index contributed by atoms with van der Waals surface area (Å²) in [6.07, 6.45) is 0.513. The van der Waals surface area contributed by atoms with Gasteiger partial charge in [-0.3, -0.25) is 4.79 Å². The quantitative estimate of drug-likeness (QED) is 0.590. The smallest absolute Gasteiger partial charge is 0.220 e. The number of rotatable bonds is 7. The maximum atomic E-state index is 11.4. The lowest BCUT2D eigenvalue weighted by molar-refractivity contribution is -0.120. The minimum Gasteiger partial charge on any atom is -0.355 e. The number of carbonyl (C=O) groups is 1. The largest absolute Gasteiger partial charge is 0.355 e. The molecular weight excluding hydrogens is 256 g/mol. The van der Waals surface area contributed by atoms with Gasteiger partial charge in [-0.05, 0) is 19.2 Å². The summed E-state index contributed by atoms with van der Waals surface area (Å²) in [5, 5.41) is 6.56. The maximum Gasteiger partial charge on any atom is 0.220 e. The fourth-order valence-electron chi connectivity index (χ4n) is 1.23. The number of benzene rings is 1. The minimum atomic E-state index is 0.0832. The van der Waals surface area contributed by atoms with Gasteiger partial charge in [-0.25, -0.2) is 0 Å². The molecule has 1 amide bonds. The molecule has 0 aliphatic carbocycles. The molecule has 0 heterocycles. The van der Waals surface area contributed by atoms with Gasteiger partial charge >= 0.3 is 0 Å². The van der Waals surface area contributed by atoms with Crippen LogP contribution < -0.4 is 10.6 Å². The molecular formula is C12H17ClN2OS. The lowest BCUT2D eigenvalue weighted by atomic mass is 10.4. The van der Waals surface area contributed by atoms with Gasteiger partial charge in [-0.2, -0.15) is 0 Å². The second kappa shape index (κ2) is 8.39. The summed E-state index contributed by atoms with van der Waals surface area (Å²) in [4.78, 5) is 12.4. The second-order valence-corrected chi connectivity index (χ2v) is 5.03. The minimum absolute atomic E-state index is 0.0832. The summed E-state index contributed by atoms with van der Waals surface area (Å²) in [5.41, 5.74) is 0. The Kier molecular flexibility index (Phi) is 7.08. The summed E-state index contributed by atoms with van der Waals surface area (Å²) in [6, 6.07) is 7.67. The van der Waals surface area contributed by atoms with E-state index in [1.54, 1.807) is 11.8 Å². The van der Waals surface area contributed by atoms with E-state index in [-0.39, 0.29) is 5.91 Å². The number of halogens is 1. The Labute approximate surface area is 111 Å². The topological polar surface area (TPSA) is 41.1 Å². The molecule has 0 saturated heterocycles. The molecule has 0 aliphatic heterocycles. The maximum absolute atomic E-state index is 11.4. The zero-order valence-electron chi connectivity index (χ0n) is 9.83. The molecule has 0 fully saturated rings. The molecule has 1 aromatic carbocycles. The molecule has 1 rings (SSSR count). The molecule has 5 heteroatoms. The first-order valence-corrected chi connectivity index (χ1v) is 6.89. The molecule has 2 N–H and O–H groups in total. The number of hydrogen-bond acceptors (Lipinski definition) is 3. The predicted molar refractivity (Wildman–Crippen MR) is 73.7 cm³/mol. The first-order chi connectivity index (χ1) is 8.24. The molecule has 17 heavy (non-hydrogen) atoms. The SMILES string of the molecule is CNCCNC(=O)CCSc1ccccc1Cl. The van der Waals surface area contributed by atoms with Crippen molar-refractivity contribution in [2.75, 3.05) is 25.9 Å². The number of hydrogen-bond donors (Lipinski definition) is 2. The fraction of sp³-hybridized carbons (Fsp3) is 0.417. The van der Waals surface area contributed by atoms with Crippen LogP contribution in [-0.2, 0) is 4.79 Å². The van der Waals surface area contributed by atoms with Gasteiger partial charge in [-0.15, -0.1) is 11.8 Å². The Morgan fingerprint density at radius 2 is 2.12 bits per heavy atom. The van der Waals surface area contributed by atoms with Crippen LogP contribution in [0.1, 0.15) is 6.42 Å². The van der Waals surface area contributed by atoms with Crippen molar-refractivity contribution in [3.8, 4) is 0 Å². The highest BCUT2D eigenvalue weighted by molar-refractivity contribution is 7.99. The fourth-order valence-corrected chi connectivity index (χ4v) is 2.42. The zero-order valence-corrected chi connectivity index (χ0v) is 11.4. The van der Waals surface area contributed by atoms with Crippen molar-refractivity contribution in [3.05, 3.63) is 29.3 Å². The van der Waals surface area contributed by atoms with Gasteiger partial charge in [-0.1, -0.05) is 23.7 Å². The average Bonchev–Trinajstić information content (AvgIpc) is 2.32. The van der Waals surface area contributed by atoms with Crippen molar-refractivity contribution >= 4 is 29.3 Å². The molecule has 0 unspecified atom stereocenters. The summed E-state index contributed by atoms with van der Waals surface area (Å²) in [5.74, 6) is 0.828. The van der Waals surface area contributed by atoms with Crippen LogP contribution >= 0.6 is 23.4 Å². The number of amides is 1. The summed E-state index contributed by atoms with van der Waals surface area (Å²) >= 11 is 7.62. The monoisotopic (exact) mass is 272 g/mol.